The van der Waals surface area contributed by atoms with E-state index in [9.17, 15) is 14.7 Å². The zero-order valence-electron chi connectivity index (χ0n) is 37.7. The molecule has 1 rings (SSSR count). The quantitative estimate of drug-likeness (QED) is 0.0349. The first-order valence-corrected chi connectivity index (χ1v) is 25.3. The van der Waals surface area contributed by atoms with E-state index in [-0.39, 0.29) is 35.8 Å². The van der Waals surface area contributed by atoms with Crippen LogP contribution in [0.5, 0.6) is 5.75 Å². The molecule has 2 unspecified atom stereocenters. The maximum Gasteiger partial charge on any atom is 0.307 e. The van der Waals surface area contributed by atoms with Crippen LogP contribution in [0.15, 0.2) is 6.07 Å². The number of hydrogen-bond donors (Lipinski definition) is 3. The summed E-state index contributed by atoms with van der Waals surface area (Å²) in [6.07, 6.45) is 42.1. The topological polar surface area (TPSA) is 72.8 Å². The van der Waals surface area contributed by atoms with Gasteiger partial charge in [-0.2, -0.15) is 25.3 Å². The van der Waals surface area contributed by atoms with E-state index in [4.69, 9.17) is 34.7 Å². The van der Waals surface area contributed by atoms with E-state index in [0.29, 0.717) is 24.3 Å². The molecule has 0 heterocycles. The summed E-state index contributed by atoms with van der Waals surface area (Å²) in [5.41, 5.74) is 2.93. The predicted octanol–water partition coefficient (Wildman–Crippen LogP) is 16.3. The number of carbonyl (C=O) groups excluding carboxylic acids is 2. The molecule has 7 heteroatoms. The summed E-state index contributed by atoms with van der Waals surface area (Å²) in [5, 5.41) is 10.1. The van der Waals surface area contributed by atoms with E-state index in [0.717, 1.165) is 36.8 Å². The minimum atomic E-state index is -0.524. The Morgan fingerprint density at radius 1 is 0.491 bits per heavy atom. The first-order chi connectivity index (χ1) is 27.7. The SMILES string of the molecule is CCCCCCCCCCCCCCCCCCOC(=O)CC(S)c1cc(C)c(O)c(C(S)CC(=O)OCCCCCCCCCCCCCCCCCC)c1C. The fourth-order valence-corrected chi connectivity index (χ4v) is 8.91. The number of phenolic OH excluding ortho intramolecular Hbond substituents is 1. The minimum Gasteiger partial charge on any atom is -0.507 e. The van der Waals surface area contributed by atoms with Crippen molar-refractivity contribution < 1.29 is 24.2 Å². The molecule has 5 nitrogen and oxygen atoms in total. The number of phenols is 1. The maximum absolute atomic E-state index is 12.7. The van der Waals surface area contributed by atoms with Gasteiger partial charge in [0.15, 0.2) is 0 Å². The molecule has 332 valence electrons. The van der Waals surface area contributed by atoms with E-state index >= 15 is 0 Å². The monoisotopic (exact) mass is 835 g/mol. The Balaban J connectivity index is 2.20. The number of hydrogen-bond acceptors (Lipinski definition) is 7. The number of rotatable bonds is 40. The number of aryl methyl sites for hydroxylation is 1. The second kappa shape index (κ2) is 37.6. The van der Waals surface area contributed by atoms with Gasteiger partial charge < -0.3 is 14.6 Å². The van der Waals surface area contributed by atoms with Crippen LogP contribution in [-0.2, 0) is 19.1 Å². The lowest BCUT2D eigenvalue weighted by Gasteiger charge is -2.22. The van der Waals surface area contributed by atoms with Gasteiger partial charge in [-0.05, 0) is 43.4 Å². The van der Waals surface area contributed by atoms with Crippen molar-refractivity contribution in [2.75, 3.05) is 13.2 Å². The van der Waals surface area contributed by atoms with Crippen molar-refractivity contribution >= 4 is 37.2 Å². The largest absolute Gasteiger partial charge is 0.507 e. The smallest absolute Gasteiger partial charge is 0.307 e. The summed E-state index contributed by atoms with van der Waals surface area (Å²) in [4.78, 5) is 25.4. The van der Waals surface area contributed by atoms with Crippen molar-refractivity contribution in [3.05, 3.63) is 28.3 Å². The number of unbranched alkanes of at least 4 members (excludes halogenated alkanes) is 30. The Hall–Kier alpha value is -1.34. The second-order valence-corrected chi connectivity index (χ2v) is 18.4. The number of ether oxygens (including phenoxy) is 2. The molecule has 0 saturated carbocycles. The molecule has 0 spiro atoms. The molecule has 57 heavy (non-hydrogen) atoms. The number of esters is 2. The van der Waals surface area contributed by atoms with Gasteiger partial charge in [-0.15, -0.1) is 0 Å². The molecule has 0 radical (unpaired) electrons. The summed E-state index contributed by atoms with van der Waals surface area (Å²) in [6, 6.07) is 1.88. The fourth-order valence-electron chi connectivity index (χ4n) is 8.03. The van der Waals surface area contributed by atoms with Crippen LogP contribution in [0.25, 0.3) is 0 Å². The van der Waals surface area contributed by atoms with Crippen molar-refractivity contribution in [2.45, 2.75) is 257 Å². The van der Waals surface area contributed by atoms with E-state index < -0.39 is 5.25 Å². The van der Waals surface area contributed by atoms with E-state index in [1.807, 2.05) is 19.9 Å². The zero-order chi connectivity index (χ0) is 41.8. The molecule has 1 aromatic rings. The highest BCUT2D eigenvalue weighted by Crippen LogP contribution is 2.41. The molecule has 1 N–H and O–H groups in total. The second-order valence-electron chi connectivity index (χ2n) is 17.2. The highest BCUT2D eigenvalue weighted by molar-refractivity contribution is 7.80. The lowest BCUT2D eigenvalue weighted by molar-refractivity contribution is -0.144. The summed E-state index contributed by atoms with van der Waals surface area (Å²) in [5.74, 6) is -0.436. The van der Waals surface area contributed by atoms with Crippen LogP contribution in [-0.4, -0.2) is 30.3 Å². The summed E-state index contributed by atoms with van der Waals surface area (Å²) in [7, 11) is 0. The number of aromatic hydroxyl groups is 1. The van der Waals surface area contributed by atoms with Crippen LogP contribution in [0.3, 0.4) is 0 Å². The molecule has 0 aromatic heterocycles. The average molecular weight is 835 g/mol. The molecule has 0 bridgehead atoms. The number of carbonyl (C=O) groups is 2. The summed E-state index contributed by atoms with van der Waals surface area (Å²) < 4.78 is 11.1. The van der Waals surface area contributed by atoms with Crippen molar-refractivity contribution in [3.63, 3.8) is 0 Å². The number of thiol groups is 2. The van der Waals surface area contributed by atoms with E-state index in [1.54, 1.807) is 0 Å². The van der Waals surface area contributed by atoms with Crippen LogP contribution in [0.4, 0.5) is 0 Å². The molecular formula is C50H90O5S2. The standard InChI is InChI=1S/C50H90O5S2/c1-5-7-9-11-13-15-17-19-21-23-25-27-29-31-33-35-37-54-47(51)40-45(56)44-39-42(3)50(53)49(43(44)4)46(57)41-48(52)55-38-36-34-32-30-28-26-24-22-20-18-16-14-12-10-8-6-2/h39,45-46,53,56-57H,5-38,40-41H2,1-4H3. The van der Waals surface area contributed by atoms with Crippen molar-refractivity contribution in [2.24, 2.45) is 0 Å². The Morgan fingerprint density at radius 2 is 0.772 bits per heavy atom. The Morgan fingerprint density at radius 3 is 1.09 bits per heavy atom. The molecule has 1 aromatic carbocycles. The van der Waals surface area contributed by atoms with Gasteiger partial charge >= 0.3 is 11.9 Å². The van der Waals surface area contributed by atoms with Crippen LogP contribution in [0, 0.1) is 13.8 Å². The van der Waals surface area contributed by atoms with Crippen molar-refractivity contribution in [1.82, 2.24) is 0 Å². The lowest BCUT2D eigenvalue weighted by Crippen LogP contribution is -2.12. The third-order valence-electron chi connectivity index (χ3n) is 11.8. The summed E-state index contributed by atoms with van der Waals surface area (Å²) >= 11 is 9.51. The van der Waals surface area contributed by atoms with Gasteiger partial charge in [-0.3, -0.25) is 9.59 Å². The molecule has 0 amide bonds. The van der Waals surface area contributed by atoms with Gasteiger partial charge in [0.1, 0.15) is 5.75 Å². The van der Waals surface area contributed by atoms with Gasteiger partial charge in [0.25, 0.3) is 0 Å². The van der Waals surface area contributed by atoms with Crippen LogP contribution < -0.4 is 0 Å². The molecule has 0 aliphatic heterocycles. The van der Waals surface area contributed by atoms with Crippen LogP contribution in [0.1, 0.15) is 265 Å². The maximum atomic E-state index is 12.7. The van der Waals surface area contributed by atoms with Gasteiger partial charge in [-0.25, -0.2) is 0 Å². The van der Waals surface area contributed by atoms with Gasteiger partial charge in [0.2, 0.25) is 0 Å². The Bertz CT molecular complexity index is 1120. The van der Waals surface area contributed by atoms with Gasteiger partial charge in [-0.1, -0.05) is 213 Å². The van der Waals surface area contributed by atoms with Crippen LogP contribution >= 0.6 is 25.3 Å². The summed E-state index contributed by atoms with van der Waals surface area (Å²) in [6.45, 7) is 9.14. The molecule has 0 aliphatic rings. The first kappa shape index (κ1) is 53.7. The predicted molar refractivity (Wildman–Crippen MR) is 251 cm³/mol. The number of benzene rings is 1. The third-order valence-corrected chi connectivity index (χ3v) is 12.7. The Kier molecular flexibility index (Phi) is 35.5. The molecule has 0 saturated heterocycles. The molecule has 2 atom stereocenters. The molecular weight excluding hydrogens is 745 g/mol. The highest BCUT2D eigenvalue weighted by atomic mass is 32.1. The Labute approximate surface area is 363 Å². The van der Waals surface area contributed by atoms with Crippen molar-refractivity contribution in [3.8, 4) is 5.75 Å². The van der Waals surface area contributed by atoms with E-state index in [1.165, 1.54) is 180 Å². The first-order valence-electron chi connectivity index (χ1n) is 24.2. The van der Waals surface area contributed by atoms with Gasteiger partial charge in [0.05, 0.1) is 26.1 Å². The molecule has 0 fully saturated rings. The van der Waals surface area contributed by atoms with Gasteiger partial charge in [0, 0.05) is 16.1 Å². The minimum absolute atomic E-state index is 0.0673. The fraction of sp³-hybridized carbons (Fsp3) is 0.840. The third kappa shape index (κ3) is 28.7. The average Bonchev–Trinajstić information content (AvgIpc) is 3.18. The normalized spacial score (nSPS) is 12.5. The molecule has 0 aliphatic carbocycles. The van der Waals surface area contributed by atoms with E-state index in [2.05, 4.69) is 13.8 Å². The highest BCUT2D eigenvalue weighted by Gasteiger charge is 2.25. The van der Waals surface area contributed by atoms with Crippen LogP contribution in [0.2, 0.25) is 0 Å². The zero-order valence-corrected chi connectivity index (χ0v) is 39.5. The van der Waals surface area contributed by atoms with Crippen molar-refractivity contribution in [1.29, 1.82) is 0 Å². The lowest BCUT2D eigenvalue weighted by atomic mass is 9.92.